The minimum Gasteiger partial charge on any atom is -0.375 e. The Hall–Kier alpha value is -2.62. The number of nitrogens with one attached hydrogen (secondary N) is 2. The van der Waals surface area contributed by atoms with Gasteiger partial charge in [-0.15, -0.1) is 11.3 Å². The number of hydrogen-bond acceptors (Lipinski definition) is 7. The molecule has 8 nitrogen and oxygen atoms in total. The van der Waals surface area contributed by atoms with Gasteiger partial charge in [-0.1, -0.05) is 35.3 Å². The van der Waals surface area contributed by atoms with Crippen LogP contribution < -0.4 is 21.9 Å². The SMILES string of the molecule is Nc1nc2c(s1)CC(NC(=O)Cn1c(Cl)cnc(NCCc3ccc(Cl)cc3)c1=O)CC2. The summed E-state index contributed by atoms with van der Waals surface area (Å²) >= 11 is 13.5. The van der Waals surface area contributed by atoms with Crippen LogP contribution in [0.4, 0.5) is 10.9 Å². The van der Waals surface area contributed by atoms with E-state index in [2.05, 4.69) is 20.6 Å². The monoisotopic (exact) mass is 492 g/mol. The third-order valence-corrected chi connectivity index (χ3v) is 6.75. The summed E-state index contributed by atoms with van der Waals surface area (Å²) in [5, 5.41) is 7.34. The standard InChI is InChI=1S/C21H22Cl2N6O2S/c22-13-3-1-12(2-4-13)7-8-25-19-20(31)29(17(23)10-26-19)11-18(30)27-14-5-6-15-16(9-14)32-21(24)28-15/h1-4,10,14H,5-9,11H2,(H2,24,28)(H,25,26)(H,27,30). The van der Waals surface area contributed by atoms with Crippen molar-refractivity contribution in [1.29, 1.82) is 0 Å². The molecule has 0 aliphatic heterocycles. The molecule has 1 aliphatic rings. The van der Waals surface area contributed by atoms with Gasteiger partial charge >= 0.3 is 0 Å². The predicted octanol–water partition coefficient (Wildman–Crippen LogP) is 2.92. The number of halogens is 2. The number of thiazole rings is 1. The van der Waals surface area contributed by atoms with Crippen LogP contribution in [0.2, 0.25) is 10.2 Å². The maximum atomic E-state index is 12.8. The summed E-state index contributed by atoms with van der Waals surface area (Å²) in [6.45, 7) is 0.320. The minimum atomic E-state index is -0.440. The van der Waals surface area contributed by atoms with E-state index in [1.807, 2.05) is 24.3 Å². The van der Waals surface area contributed by atoms with Crippen molar-refractivity contribution in [3.63, 3.8) is 0 Å². The molecule has 2 heterocycles. The van der Waals surface area contributed by atoms with E-state index in [1.165, 1.54) is 22.1 Å². The summed E-state index contributed by atoms with van der Waals surface area (Å²) in [4.78, 5) is 34.9. The van der Waals surface area contributed by atoms with E-state index < -0.39 is 5.56 Å². The Bertz CT molecular complexity index is 1180. The van der Waals surface area contributed by atoms with Gasteiger partial charge in [0.25, 0.3) is 5.56 Å². The average molecular weight is 493 g/mol. The average Bonchev–Trinajstić information content (AvgIpc) is 3.13. The highest BCUT2D eigenvalue weighted by molar-refractivity contribution is 7.15. The maximum Gasteiger partial charge on any atom is 0.294 e. The highest BCUT2D eigenvalue weighted by Gasteiger charge is 2.24. The first-order chi connectivity index (χ1) is 15.4. The van der Waals surface area contributed by atoms with Crippen molar-refractivity contribution in [2.45, 2.75) is 38.3 Å². The Labute approximate surface area is 198 Å². The van der Waals surface area contributed by atoms with Crippen LogP contribution in [0, 0.1) is 0 Å². The Kier molecular flexibility index (Phi) is 6.98. The number of nitrogen functional groups attached to an aromatic ring is 1. The number of benzene rings is 1. The molecule has 0 bridgehead atoms. The van der Waals surface area contributed by atoms with Crippen molar-refractivity contribution >= 4 is 51.4 Å². The van der Waals surface area contributed by atoms with Crippen molar-refractivity contribution in [2.75, 3.05) is 17.6 Å². The largest absolute Gasteiger partial charge is 0.375 e. The molecule has 4 N–H and O–H groups in total. The van der Waals surface area contributed by atoms with Gasteiger partial charge in [-0.2, -0.15) is 0 Å². The fourth-order valence-corrected chi connectivity index (χ4v) is 4.92. The zero-order chi connectivity index (χ0) is 22.7. The number of aromatic nitrogens is 3. The van der Waals surface area contributed by atoms with Gasteiger partial charge in [0.1, 0.15) is 11.7 Å². The Morgan fingerprint density at radius 1 is 1.28 bits per heavy atom. The highest BCUT2D eigenvalue weighted by Crippen LogP contribution is 2.28. The van der Waals surface area contributed by atoms with Crippen LogP contribution >= 0.6 is 34.5 Å². The summed E-state index contributed by atoms with van der Waals surface area (Å²) in [5.41, 5.74) is 7.43. The van der Waals surface area contributed by atoms with E-state index >= 15 is 0 Å². The summed E-state index contributed by atoms with van der Waals surface area (Å²) < 4.78 is 1.22. The van der Waals surface area contributed by atoms with E-state index in [-0.39, 0.29) is 29.5 Å². The van der Waals surface area contributed by atoms with Crippen LogP contribution in [0.25, 0.3) is 0 Å². The lowest BCUT2D eigenvalue weighted by Crippen LogP contribution is -2.42. The van der Waals surface area contributed by atoms with Crippen molar-refractivity contribution in [1.82, 2.24) is 19.9 Å². The van der Waals surface area contributed by atoms with Gasteiger partial charge in [-0.3, -0.25) is 14.2 Å². The third kappa shape index (κ3) is 5.40. The number of anilines is 2. The quantitative estimate of drug-likeness (QED) is 0.466. The maximum absolute atomic E-state index is 12.8. The fourth-order valence-electron chi connectivity index (χ4n) is 3.65. The molecule has 11 heteroatoms. The molecule has 0 fully saturated rings. The number of fused-ring (bicyclic) bond motifs is 1. The lowest BCUT2D eigenvalue weighted by atomic mass is 9.98. The lowest BCUT2D eigenvalue weighted by Gasteiger charge is -2.22. The van der Waals surface area contributed by atoms with Crippen molar-refractivity contribution in [3.8, 4) is 0 Å². The molecule has 1 aromatic carbocycles. The van der Waals surface area contributed by atoms with Crippen molar-refractivity contribution in [2.24, 2.45) is 0 Å². The molecule has 168 valence electrons. The number of amides is 1. The molecule has 32 heavy (non-hydrogen) atoms. The summed E-state index contributed by atoms with van der Waals surface area (Å²) in [6.07, 6.45) is 4.29. The molecular formula is C21H22Cl2N6O2S. The molecule has 1 atom stereocenters. The van der Waals surface area contributed by atoms with E-state index in [9.17, 15) is 9.59 Å². The number of carbonyl (C=O) groups excluding carboxylic acids is 1. The van der Waals surface area contributed by atoms with Gasteiger partial charge in [0, 0.05) is 28.9 Å². The molecule has 0 saturated carbocycles. The van der Waals surface area contributed by atoms with Crippen LogP contribution in [-0.4, -0.2) is 33.0 Å². The molecule has 1 aliphatic carbocycles. The van der Waals surface area contributed by atoms with Crippen LogP contribution in [0.1, 0.15) is 22.6 Å². The van der Waals surface area contributed by atoms with Crippen LogP contribution in [0.3, 0.4) is 0 Å². The minimum absolute atomic E-state index is 0.0249. The van der Waals surface area contributed by atoms with Gasteiger partial charge in [0.05, 0.1) is 11.9 Å². The molecule has 2 aromatic heterocycles. The lowest BCUT2D eigenvalue weighted by molar-refractivity contribution is -0.122. The smallest absolute Gasteiger partial charge is 0.294 e. The number of nitrogens with two attached hydrogens (primary N) is 1. The zero-order valence-electron chi connectivity index (χ0n) is 17.1. The molecular weight excluding hydrogens is 471 g/mol. The number of aryl methyl sites for hydroxylation is 1. The van der Waals surface area contributed by atoms with Crippen molar-refractivity contribution < 1.29 is 4.79 Å². The summed E-state index contributed by atoms with van der Waals surface area (Å²) in [6, 6.07) is 7.47. The Morgan fingerprint density at radius 2 is 2.06 bits per heavy atom. The van der Waals surface area contributed by atoms with E-state index in [0.29, 0.717) is 29.5 Å². The van der Waals surface area contributed by atoms with Gasteiger partial charge in [0.15, 0.2) is 10.9 Å². The molecule has 0 spiro atoms. The molecule has 0 saturated heterocycles. The highest BCUT2D eigenvalue weighted by atomic mass is 35.5. The van der Waals surface area contributed by atoms with E-state index in [0.717, 1.165) is 29.0 Å². The molecule has 3 aromatic rings. The van der Waals surface area contributed by atoms with Crippen LogP contribution in [0.15, 0.2) is 35.3 Å². The molecule has 1 amide bonds. The van der Waals surface area contributed by atoms with Crippen molar-refractivity contribution in [3.05, 3.63) is 67.1 Å². The van der Waals surface area contributed by atoms with E-state index in [4.69, 9.17) is 28.9 Å². The number of carbonyl (C=O) groups is 1. The molecule has 0 radical (unpaired) electrons. The van der Waals surface area contributed by atoms with Crippen LogP contribution in [-0.2, 0) is 30.6 Å². The normalized spacial score (nSPS) is 15.2. The van der Waals surface area contributed by atoms with Gasteiger partial charge in [-0.25, -0.2) is 9.97 Å². The molecule has 1 unspecified atom stereocenters. The second-order valence-electron chi connectivity index (χ2n) is 7.55. The summed E-state index contributed by atoms with van der Waals surface area (Å²) in [5.74, 6) is -0.128. The first-order valence-corrected chi connectivity index (χ1v) is 11.7. The van der Waals surface area contributed by atoms with Crippen LogP contribution in [0.5, 0.6) is 0 Å². The Balaban J connectivity index is 1.36. The summed E-state index contributed by atoms with van der Waals surface area (Å²) in [7, 11) is 0. The number of hydrogen-bond donors (Lipinski definition) is 3. The van der Waals surface area contributed by atoms with Gasteiger partial charge in [0.2, 0.25) is 5.91 Å². The second kappa shape index (κ2) is 9.89. The Morgan fingerprint density at radius 3 is 2.84 bits per heavy atom. The van der Waals surface area contributed by atoms with Gasteiger partial charge < -0.3 is 16.4 Å². The fraction of sp³-hybridized carbons (Fsp3) is 0.333. The van der Waals surface area contributed by atoms with E-state index in [1.54, 1.807) is 0 Å². The molecule has 4 rings (SSSR count). The second-order valence-corrected chi connectivity index (χ2v) is 9.49. The number of rotatable bonds is 7. The topological polar surface area (TPSA) is 115 Å². The first kappa shape index (κ1) is 22.6. The third-order valence-electron chi connectivity index (χ3n) is 5.25. The number of nitrogens with zero attached hydrogens (tertiary/aromatic N) is 3. The predicted molar refractivity (Wildman–Crippen MR) is 128 cm³/mol. The first-order valence-electron chi connectivity index (χ1n) is 10.2. The van der Waals surface area contributed by atoms with Gasteiger partial charge in [-0.05, 0) is 37.0 Å². The zero-order valence-corrected chi connectivity index (χ0v) is 19.4.